The van der Waals surface area contributed by atoms with E-state index >= 15 is 0 Å². The van der Waals surface area contributed by atoms with Crippen LogP contribution in [0.1, 0.15) is 60.3 Å². The predicted molar refractivity (Wildman–Crippen MR) is 88.9 cm³/mol. The van der Waals surface area contributed by atoms with Gasteiger partial charge in [-0.1, -0.05) is 41.0 Å². The molecule has 3 N–H and O–H groups in total. The fourth-order valence-corrected chi connectivity index (χ4v) is 1.74. The van der Waals surface area contributed by atoms with Crippen LogP contribution >= 0.6 is 0 Å². The van der Waals surface area contributed by atoms with Crippen LogP contribution in [0.3, 0.4) is 0 Å². The molecule has 3 nitrogen and oxygen atoms in total. The predicted octanol–water partition coefficient (Wildman–Crippen LogP) is 3.02. The molecule has 0 saturated carbocycles. The smallest absolute Gasteiger partial charge is 0.00767 e. The molecule has 0 spiro atoms. The van der Waals surface area contributed by atoms with Gasteiger partial charge in [-0.25, -0.2) is 0 Å². The van der Waals surface area contributed by atoms with Gasteiger partial charge in [0.1, 0.15) is 0 Å². The maximum Gasteiger partial charge on any atom is 0.00767 e. The Morgan fingerprint density at radius 2 is 1.26 bits per heavy atom. The molecular weight excluding hydrogens is 234 g/mol. The zero-order valence-corrected chi connectivity index (χ0v) is 12.9. The minimum absolute atomic E-state index is 0. The van der Waals surface area contributed by atoms with Gasteiger partial charge in [0.2, 0.25) is 0 Å². The molecule has 0 aromatic carbocycles. The summed E-state index contributed by atoms with van der Waals surface area (Å²) >= 11 is 0. The van der Waals surface area contributed by atoms with Gasteiger partial charge >= 0.3 is 0 Å². The van der Waals surface area contributed by atoms with Crippen molar-refractivity contribution in [1.82, 2.24) is 16.0 Å². The molecule has 0 heterocycles. The van der Waals surface area contributed by atoms with Gasteiger partial charge in [0, 0.05) is 13.1 Å². The SMILES string of the molecule is C.CCCCNCCNCCCNCCC(C)CC. The van der Waals surface area contributed by atoms with Crippen LogP contribution in [0.5, 0.6) is 0 Å². The molecule has 0 rings (SSSR count). The van der Waals surface area contributed by atoms with Crippen molar-refractivity contribution in [2.45, 2.75) is 60.3 Å². The van der Waals surface area contributed by atoms with Gasteiger partial charge in [0.15, 0.2) is 0 Å². The first-order chi connectivity index (χ1) is 8.81. The van der Waals surface area contributed by atoms with E-state index in [1.807, 2.05) is 0 Å². The second-order valence-corrected chi connectivity index (χ2v) is 5.26. The lowest BCUT2D eigenvalue weighted by molar-refractivity contribution is 0.482. The van der Waals surface area contributed by atoms with Crippen LogP contribution in [-0.2, 0) is 0 Å². The van der Waals surface area contributed by atoms with E-state index in [2.05, 4.69) is 36.7 Å². The average molecular weight is 274 g/mol. The third-order valence-electron chi connectivity index (χ3n) is 3.40. The zero-order chi connectivity index (χ0) is 13.5. The van der Waals surface area contributed by atoms with E-state index in [4.69, 9.17) is 0 Å². The minimum Gasteiger partial charge on any atom is -0.317 e. The number of unbranched alkanes of at least 4 members (excludes halogenated alkanes) is 1. The molecule has 0 aromatic heterocycles. The molecule has 0 aromatic rings. The third kappa shape index (κ3) is 17.9. The highest BCUT2D eigenvalue weighted by atomic mass is 14.9. The molecule has 0 bridgehead atoms. The number of hydrogen-bond donors (Lipinski definition) is 3. The van der Waals surface area contributed by atoms with Gasteiger partial charge in [-0.3, -0.25) is 0 Å². The van der Waals surface area contributed by atoms with Crippen molar-refractivity contribution in [2.75, 3.05) is 39.3 Å². The first kappa shape index (κ1) is 21.2. The third-order valence-corrected chi connectivity index (χ3v) is 3.40. The largest absolute Gasteiger partial charge is 0.317 e. The van der Waals surface area contributed by atoms with Crippen molar-refractivity contribution >= 4 is 0 Å². The molecule has 19 heavy (non-hydrogen) atoms. The van der Waals surface area contributed by atoms with E-state index in [-0.39, 0.29) is 7.43 Å². The van der Waals surface area contributed by atoms with Gasteiger partial charge < -0.3 is 16.0 Å². The molecule has 0 fully saturated rings. The van der Waals surface area contributed by atoms with Gasteiger partial charge in [-0.15, -0.1) is 0 Å². The van der Waals surface area contributed by atoms with Crippen molar-refractivity contribution in [3.8, 4) is 0 Å². The summed E-state index contributed by atoms with van der Waals surface area (Å²) in [6, 6.07) is 0. The Bertz CT molecular complexity index is 151. The standard InChI is InChI=1S/C15H35N3.CH4/c1-4-6-9-17-13-14-18-11-7-10-16-12-8-15(3)5-2;/h15-18H,4-14H2,1-3H3;1H4. The van der Waals surface area contributed by atoms with Crippen LogP contribution in [0.15, 0.2) is 0 Å². The molecule has 118 valence electrons. The monoisotopic (exact) mass is 273 g/mol. The Kier molecular flexibility index (Phi) is 19.9. The lowest BCUT2D eigenvalue weighted by Gasteiger charge is -2.09. The number of hydrogen-bond acceptors (Lipinski definition) is 3. The summed E-state index contributed by atoms with van der Waals surface area (Å²) in [7, 11) is 0. The van der Waals surface area contributed by atoms with E-state index in [0.717, 1.165) is 38.6 Å². The molecule has 1 atom stereocenters. The van der Waals surface area contributed by atoms with Gasteiger partial charge in [0.25, 0.3) is 0 Å². The molecule has 0 amide bonds. The highest BCUT2D eigenvalue weighted by Crippen LogP contribution is 2.03. The highest BCUT2D eigenvalue weighted by Gasteiger charge is 1.97. The van der Waals surface area contributed by atoms with Crippen molar-refractivity contribution in [3.63, 3.8) is 0 Å². The quantitative estimate of drug-likeness (QED) is 0.426. The maximum absolute atomic E-state index is 3.51. The van der Waals surface area contributed by atoms with E-state index < -0.39 is 0 Å². The van der Waals surface area contributed by atoms with E-state index in [1.165, 1.54) is 38.6 Å². The Morgan fingerprint density at radius 3 is 1.79 bits per heavy atom. The second-order valence-electron chi connectivity index (χ2n) is 5.26. The van der Waals surface area contributed by atoms with Gasteiger partial charge in [-0.2, -0.15) is 0 Å². The molecule has 0 aliphatic rings. The van der Waals surface area contributed by atoms with Crippen LogP contribution < -0.4 is 16.0 Å². The number of rotatable bonds is 14. The van der Waals surface area contributed by atoms with Gasteiger partial charge in [-0.05, 0) is 51.4 Å². The first-order valence-electron chi connectivity index (χ1n) is 7.93. The summed E-state index contributed by atoms with van der Waals surface area (Å²) < 4.78 is 0. The minimum atomic E-state index is 0. The van der Waals surface area contributed by atoms with Crippen molar-refractivity contribution in [2.24, 2.45) is 5.92 Å². The number of nitrogens with one attached hydrogen (secondary N) is 3. The Hall–Kier alpha value is -0.120. The zero-order valence-electron chi connectivity index (χ0n) is 12.9. The van der Waals surface area contributed by atoms with E-state index in [9.17, 15) is 0 Å². The van der Waals surface area contributed by atoms with Crippen molar-refractivity contribution < 1.29 is 0 Å². The Labute approximate surface area is 122 Å². The molecule has 3 heteroatoms. The molecule has 0 aliphatic heterocycles. The normalized spacial score (nSPS) is 12.2. The van der Waals surface area contributed by atoms with Gasteiger partial charge in [0.05, 0.1) is 0 Å². The topological polar surface area (TPSA) is 36.1 Å². The highest BCUT2D eigenvalue weighted by molar-refractivity contribution is 4.56. The fraction of sp³-hybridized carbons (Fsp3) is 1.00. The molecule has 0 radical (unpaired) electrons. The fourth-order valence-electron chi connectivity index (χ4n) is 1.74. The van der Waals surface area contributed by atoms with Crippen molar-refractivity contribution in [1.29, 1.82) is 0 Å². The summed E-state index contributed by atoms with van der Waals surface area (Å²) in [6.07, 6.45) is 6.41. The van der Waals surface area contributed by atoms with Crippen molar-refractivity contribution in [3.05, 3.63) is 0 Å². The van der Waals surface area contributed by atoms with Crippen LogP contribution in [0.2, 0.25) is 0 Å². The summed E-state index contributed by atoms with van der Waals surface area (Å²) in [5, 5.41) is 10.4. The lowest BCUT2D eigenvalue weighted by atomic mass is 10.1. The van der Waals surface area contributed by atoms with E-state index in [0.29, 0.717) is 0 Å². The van der Waals surface area contributed by atoms with Crippen LogP contribution in [-0.4, -0.2) is 39.3 Å². The average Bonchev–Trinajstić information content (AvgIpc) is 2.39. The first-order valence-corrected chi connectivity index (χ1v) is 7.93. The second kappa shape index (κ2) is 17.9. The molecule has 0 saturated heterocycles. The van der Waals surface area contributed by atoms with Crippen LogP contribution in [0, 0.1) is 5.92 Å². The molecule has 0 aliphatic carbocycles. The summed E-state index contributed by atoms with van der Waals surface area (Å²) in [4.78, 5) is 0. The Balaban J connectivity index is 0. The molecular formula is C16H39N3. The Morgan fingerprint density at radius 1 is 0.737 bits per heavy atom. The molecule has 1 unspecified atom stereocenters. The lowest BCUT2D eigenvalue weighted by Crippen LogP contribution is -2.30. The van der Waals surface area contributed by atoms with Crippen LogP contribution in [0.25, 0.3) is 0 Å². The summed E-state index contributed by atoms with van der Waals surface area (Å²) in [5.41, 5.74) is 0. The summed E-state index contributed by atoms with van der Waals surface area (Å²) in [5.74, 6) is 0.866. The summed E-state index contributed by atoms with van der Waals surface area (Å²) in [6.45, 7) is 13.6. The van der Waals surface area contributed by atoms with Crippen LogP contribution in [0.4, 0.5) is 0 Å². The van der Waals surface area contributed by atoms with E-state index in [1.54, 1.807) is 0 Å². The maximum atomic E-state index is 3.51.